The molecule has 1 rings (SSSR count). The maximum atomic E-state index is 12.8. The van der Waals surface area contributed by atoms with Crippen LogP contribution in [0.5, 0.6) is 0 Å². The van der Waals surface area contributed by atoms with E-state index in [-0.39, 0.29) is 17.9 Å². The van der Waals surface area contributed by atoms with E-state index < -0.39 is 12.1 Å². The van der Waals surface area contributed by atoms with Gasteiger partial charge in [-0.1, -0.05) is 13.8 Å². The van der Waals surface area contributed by atoms with Gasteiger partial charge >= 0.3 is 0 Å². The molecule has 0 saturated carbocycles. The third-order valence-corrected chi connectivity index (χ3v) is 4.47. The molecule has 2 amide bonds. The molecule has 1 fully saturated rings. The summed E-state index contributed by atoms with van der Waals surface area (Å²) >= 11 is 0. The lowest BCUT2D eigenvalue weighted by atomic mass is 10.0. The first kappa shape index (κ1) is 20.9. The van der Waals surface area contributed by atoms with Crippen LogP contribution in [0, 0.1) is 5.92 Å². The summed E-state index contributed by atoms with van der Waals surface area (Å²) in [6.07, 6.45) is 4.46. The first-order valence-electron chi connectivity index (χ1n) is 9.15. The molecule has 7 N–H and O–H groups in total. The van der Waals surface area contributed by atoms with Gasteiger partial charge in [0.1, 0.15) is 6.04 Å². The molecule has 1 saturated heterocycles. The van der Waals surface area contributed by atoms with Gasteiger partial charge in [-0.15, -0.1) is 0 Å². The van der Waals surface area contributed by atoms with E-state index >= 15 is 0 Å². The van der Waals surface area contributed by atoms with Crippen LogP contribution in [0.15, 0.2) is 0 Å². The Labute approximate surface area is 145 Å². The first-order chi connectivity index (χ1) is 11.3. The van der Waals surface area contributed by atoms with Crippen molar-refractivity contribution in [3.63, 3.8) is 0 Å². The van der Waals surface area contributed by atoms with Gasteiger partial charge in [0.15, 0.2) is 0 Å². The number of amides is 2. The summed E-state index contributed by atoms with van der Waals surface area (Å²) < 4.78 is 0. The van der Waals surface area contributed by atoms with E-state index in [0.717, 1.165) is 25.7 Å². The lowest BCUT2D eigenvalue weighted by molar-refractivity contribution is -0.137. The Bertz CT molecular complexity index is 394. The molecule has 1 heterocycles. The highest BCUT2D eigenvalue weighted by molar-refractivity contribution is 5.89. The van der Waals surface area contributed by atoms with Crippen molar-refractivity contribution in [2.45, 2.75) is 70.5 Å². The van der Waals surface area contributed by atoms with Gasteiger partial charge in [0.05, 0.1) is 6.04 Å². The van der Waals surface area contributed by atoms with Crippen molar-refractivity contribution in [2.24, 2.45) is 23.1 Å². The molecule has 0 aromatic rings. The maximum absolute atomic E-state index is 12.8. The van der Waals surface area contributed by atoms with Crippen LogP contribution >= 0.6 is 0 Å². The monoisotopic (exact) mass is 341 g/mol. The number of nitrogens with zero attached hydrogens (tertiary/aromatic N) is 1. The highest BCUT2D eigenvalue weighted by Crippen LogP contribution is 2.13. The second-order valence-electron chi connectivity index (χ2n) is 7.24. The zero-order valence-electron chi connectivity index (χ0n) is 15.2. The Hall–Kier alpha value is -1.18. The number of carbonyl (C=O) groups excluding carboxylic acids is 2. The number of nitrogens with one attached hydrogen (secondary N) is 1. The molecule has 0 bridgehead atoms. The zero-order valence-corrected chi connectivity index (χ0v) is 15.2. The Kier molecular flexibility index (Phi) is 9.25. The molecular formula is C17H35N5O2. The van der Waals surface area contributed by atoms with E-state index in [1.54, 1.807) is 0 Å². The predicted molar refractivity (Wildman–Crippen MR) is 96.1 cm³/mol. The Balaban J connectivity index is 2.64. The van der Waals surface area contributed by atoms with Crippen LogP contribution < -0.4 is 22.5 Å². The summed E-state index contributed by atoms with van der Waals surface area (Å²) in [5, 5.41) is 2.86. The van der Waals surface area contributed by atoms with Crippen LogP contribution in [0.1, 0.15) is 52.4 Å². The summed E-state index contributed by atoms with van der Waals surface area (Å²) in [7, 11) is 0. The molecule has 1 aliphatic heterocycles. The highest BCUT2D eigenvalue weighted by Gasteiger charge is 2.29. The van der Waals surface area contributed by atoms with E-state index in [1.807, 2.05) is 18.7 Å². The molecule has 7 heteroatoms. The molecule has 0 aliphatic carbocycles. The minimum Gasteiger partial charge on any atom is -0.343 e. The highest BCUT2D eigenvalue weighted by atomic mass is 16.2. The van der Waals surface area contributed by atoms with Gasteiger partial charge in [0.25, 0.3) is 0 Å². The van der Waals surface area contributed by atoms with Gasteiger partial charge in [0, 0.05) is 19.1 Å². The molecule has 140 valence electrons. The van der Waals surface area contributed by atoms with Crippen molar-refractivity contribution >= 4 is 11.8 Å². The average Bonchev–Trinajstić information content (AvgIpc) is 2.53. The van der Waals surface area contributed by atoms with Gasteiger partial charge in [-0.05, 0) is 51.0 Å². The summed E-state index contributed by atoms with van der Waals surface area (Å²) in [5.41, 5.74) is 17.4. The largest absolute Gasteiger partial charge is 0.343 e. The molecule has 0 unspecified atom stereocenters. The van der Waals surface area contributed by atoms with E-state index in [0.29, 0.717) is 38.4 Å². The number of piperidine rings is 1. The molecule has 0 radical (unpaired) electrons. The number of hydrogen-bond acceptors (Lipinski definition) is 5. The average molecular weight is 342 g/mol. The Morgan fingerprint density at radius 3 is 2.38 bits per heavy atom. The van der Waals surface area contributed by atoms with Crippen molar-refractivity contribution < 1.29 is 9.59 Å². The second-order valence-corrected chi connectivity index (χ2v) is 7.24. The molecule has 0 aromatic heterocycles. The quantitative estimate of drug-likeness (QED) is 0.436. The molecule has 24 heavy (non-hydrogen) atoms. The van der Waals surface area contributed by atoms with Gasteiger partial charge in [0.2, 0.25) is 11.8 Å². The zero-order chi connectivity index (χ0) is 18.1. The lowest BCUT2D eigenvalue weighted by Gasteiger charge is -2.33. The predicted octanol–water partition coefficient (Wildman–Crippen LogP) is -0.0767. The van der Waals surface area contributed by atoms with Crippen LogP contribution in [-0.2, 0) is 9.59 Å². The SMILES string of the molecule is CC(C)C[C@@H](N)C(=O)N[C@H](CCCCN)C(=O)N1CCC(N)CC1. The number of unbranched alkanes of at least 4 members (excludes halogenated alkanes) is 1. The van der Waals surface area contributed by atoms with E-state index in [4.69, 9.17) is 17.2 Å². The number of likely N-dealkylation sites (tertiary alicyclic amines) is 1. The Morgan fingerprint density at radius 2 is 1.83 bits per heavy atom. The van der Waals surface area contributed by atoms with Crippen molar-refractivity contribution in [3.8, 4) is 0 Å². The molecular weight excluding hydrogens is 306 g/mol. The lowest BCUT2D eigenvalue weighted by Crippen LogP contribution is -2.54. The van der Waals surface area contributed by atoms with Crippen LogP contribution in [0.25, 0.3) is 0 Å². The number of carbonyl (C=O) groups is 2. The minimum atomic E-state index is -0.579. The maximum Gasteiger partial charge on any atom is 0.245 e. The van der Waals surface area contributed by atoms with Gasteiger partial charge in [-0.2, -0.15) is 0 Å². The summed E-state index contributed by atoms with van der Waals surface area (Å²) in [5.74, 6) is 0.0632. The van der Waals surface area contributed by atoms with Gasteiger partial charge in [-0.3, -0.25) is 9.59 Å². The molecule has 1 aliphatic rings. The molecule has 7 nitrogen and oxygen atoms in total. The van der Waals surface area contributed by atoms with Crippen molar-refractivity contribution in [3.05, 3.63) is 0 Å². The van der Waals surface area contributed by atoms with Crippen molar-refractivity contribution in [2.75, 3.05) is 19.6 Å². The summed E-state index contributed by atoms with van der Waals surface area (Å²) in [4.78, 5) is 26.9. The van der Waals surface area contributed by atoms with Crippen molar-refractivity contribution in [1.82, 2.24) is 10.2 Å². The van der Waals surface area contributed by atoms with E-state index in [2.05, 4.69) is 5.32 Å². The smallest absolute Gasteiger partial charge is 0.245 e. The normalized spacial score (nSPS) is 18.5. The van der Waals surface area contributed by atoms with E-state index in [1.165, 1.54) is 0 Å². The number of nitrogens with two attached hydrogens (primary N) is 3. The number of rotatable bonds is 9. The van der Waals surface area contributed by atoms with Crippen LogP contribution in [0.4, 0.5) is 0 Å². The van der Waals surface area contributed by atoms with Crippen LogP contribution in [0.3, 0.4) is 0 Å². The van der Waals surface area contributed by atoms with Crippen LogP contribution in [0.2, 0.25) is 0 Å². The topological polar surface area (TPSA) is 127 Å². The number of hydrogen-bond donors (Lipinski definition) is 4. The molecule has 0 aromatic carbocycles. The first-order valence-corrected chi connectivity index (χ1v) is 9.15. The van der Waals surface area contributed by atoms with Crippen LogP contribution in [-0.4, -0.2) is 54.5 Å². The third-order valence-electron chi connectivity index (χ3n) is 4.47. The molecule has 2 atom stereocenters. The third kappa shape index (κ3) is 7.15. The van der Waals surface area contributed by atoms with Crippen molar-refractivity contribution in [1.29, 1.82) is 0 Å². The second kappa shape index (κ2) is 10.6. The van der Waals surface area contributed by atoms with Gasteiger partial charge < -0.3 is 27.4 Å². The fourth-order valence-corrected chi connectivity index (χ4v) is 2.98. The van der Waals surface area contributed by atoms with Gasteiger partial charge in [-0.25, -0.2) is 0 Å². The Morgan fingerprint density at radius 1 is 1.21 bits per heavy atom. The van der Waals surface area contributed by atoms with E-state index in [9.17, 15) is 9.59 Å². The minimum absolute atomic E-state index is 0.0241. The fourth-order valence-electron chi connectivity index (χ4n) is 2.98. The summed E-state index contributed by atoms with van der Waals surface area (Å²) in [6, 6.07) is -0.931. The molecule has 0 spiro atoms. The summed E-state index contributed by atoms with van der Waals surface area (Å²) in [6.45, 7) is 5.94. The fraction of sp³-hybridized carbons (Fsp3) is 0.882. The standard InChI is InChI=1S/C17H35N5O2/c1-12(2)11-14(20)16(23)21-15(5-3-4-8-18)17(24)22-9-6-13(19)7-10-22/h12-15H,3-11,18-20H2,1-2H3,(H,21,23)/t14-,15-/m1/s1.